The molecule has 3 rings (SSSR count). The summed E-state index contributed by atoms with van der Waals surface area (Å²) in [6, 6.07) is 11.9. The maximum absolute atomic E-state index is 12.8. The molecule has 2 aromatic heterocycles. The summed E-state index contributed by atoms with van der Waals surface area (Å²) in [5.41, 5.74) is 1.95. The summed E-state index contributed by atoms with van der Waals surface area (Å²) in [6.45, 7) is 0.441. The van der Waals surface area contributed by atoms with E-state index in [1.807, 2.05) is 24.4 Å². The average molecular weight is 315 g/mol. The predicted molar refractivity (Wildman–Crippen MR) is 84.2 cm³/mol. The Morgan fingerprint density at radius 1 is 1.23 bits per heavy atom. The molecule has 3 aromatic rings. The minimum atomic E-state index is -0.276. The number of hydrogen-bond acceptors (Lipinski definition) is 3. The standard InChI is InChI=1S/C16H14FN3OS/c17-13-4-6-14(7-5-13)22-11-16(21)18-9-12-10-19-20-8-2-1-3-15(12)20/h1-8,10H,9,11H2,(H,18,21). The summed E-state index contributed by atoms with van der Waals surface area (Å²) < 4.78 is 14.6. The number of thioether (sulfide) groups is 1. The molecule has 0 fully saturated rings. The van der Waals surface area contributed by atoms with Crippen LogP contribution in [-0.2, 0) is 11.3 Å². The van der Waals surface area contributed by atoms with E-state index in [2.05, 4.69) is 10.4 Å². The summed E-state index contributed by atoms with van der Waals surface area (Å²) in [7, 11) is 0. The van der Waals surface area contributed by atoms with Crippen molar-refractivity contribution in [3.8, 4) is 0 Å². The maximum Gasteiger partial charge on any atom is 0.230 e. The highest BCUT2D eigenvalue weighted by Crippen LogP contribution is 2.17. The number of carbonyl (C=O) groups is 1. The van der Waals surface area contributed by atoms with Gasteiger partial charge in [-0.15, -0.1) is 11.8 Å². The third kappa shape index (κ3) is 3.46. The Hall–Kier alpha value is -2.34. The van der Waals surface area contributed by atoms with Gasteiger partial charge in [0.05, 0.1) is 17.5 Å². The van der Waals surface area contributed by atoms with Gasteiger partial charge in [-0.1, -0.05) is 6.07 Å². The summed E-state index contributed by atoms with van der Waals surface area (Å²) in [5, 5.41) is 7.09. The van der Waals surface area contributed by atoms with Crippen molar-refractivity contribution >= 4 is 23.2 Å². The Balaban J connectivity index is 1.53. The smallest absolute Gasteiger partial charge is 0.230 e. The Labute approximate surface area is 131 Å². The monoisotopic (exact) mass is 315 g/mol. The van der Waals surface area contributed by atoms with E-state index in [0.717, 1.165) is 16.0 Å². The van der Waals surface area contributed by atoms with E-state index in [0.29, 0.717) is 12.3 Å². The van der Waals surface area contributed by atoms with Crippen molar-refractivity contribution < 1.29 is 9.18 Å². The fraction of sp³-hybridized carbons (Fsp3) is 0.125. The lowest BCUT2D eigenvalue weighted by Crippen LogP contribution is -2.24. The van der Waals surface area contributed by atoms with Crippen LogP contribution in [0.2, 0.25) is 0 Å². The molecular weight excluding hydrogens is 301 g/mol. The molecule has 0 saturated heterocycles. The van der Waals surface area contributed by atoms with Crippen molar-refractivity contribution in [1.29, 1.82) is 0 Å². The number of nitrogens with zero attached hydrogens (tertiary/aromatic N) is 2. The number of hydrogen-bond donors (Lipinski definition) is 1. The van der Waals surface area contributed by atoms with Crippen LogP contribution >= 0.6 is 11.8 Å². The van der Waals surface area contributed by atoms with Crippen LogP contribution < -0.4 is 5.32 Å². The normalized spacial score (nSPS) is 10.8. The van der Waals surface area contributed by atoms with Crippen LogP contribution in [0.25, 0.3) is 5.52 Å². The van der Waals surface area contributed by atoms with Crippen LogP contribution in [0.3, 0.4) is 0 Å². The van der Waals surface area contributed by atoms with Crippen molar-refractivity contribution in [2.75, 3.05) is 5.75 Å². The Kier molecular flexibility index (Phi) is 4.39. The average Bonchev–Trinajstić information content (AvgIpc) is 2.96. The van der Waals surface area contributed by atoms with Crippen LogP contribution in [0.5, 0.6) is 0 Å². The molecule has 0 aliphatic heterocycles. The molecule has 6 heteroatoms. The van der Waals surface area contributed by atoms with Crippen molar-refractivity contribution in [2.24, 2.45) is 0 Å². The van der Waals surface area contributed by atoms with E-state index >= 15 is 0 Å². The molecule has 0 aliphatic rings. The molecule has 0 atom stereocenters. The van der Waals surface area contributed by atoms with E-state index in [-0.39, 0.29) is 11.7 Å². The summed E-state index contributed by atoms with van der Waals surface area (Å²) in [6.07, 6.45) is 3.62. The van der Waals surface area contributed by atoms with E-state index in [4.69, 9.17) is 0 Å². The number of halogens is 1. The third-order valence-corrected chi connectivity index (χ3v) is 4.18. The summed E-state index contributed by atoms with van der Waals surface area (Å²) in [4.78, 5) is 12.7. The first kappa shape index (κ1) is 14.6. The van der Waals surface area contributed by atoms with Gasteiger partial charge < -0.3 is 5.32 Å². The van der Waals surface area contributed by atoms with E-state index in [1.165, 1.54) is 23.9 Å². The van der Waals surface area contributed by atoms with Gasteiger partial charge in [-0.2, -0.15) is 5.10 Å². The van der Waals surface area contributed by atoms with Gasteiger partial charge in [0.2, 0.25) is 5.91 Å². The molecule has 0 bridgehead atoms. The Morgan fingerprint density at radius 2 is 2.05 bits per heavy atom. The fourth-order valence-electron chi connectivity index (χ4n) is 2.05. The maximum atomic E-state index is 12.8. The van der Waals surface area contributed by atoms with Crippen LogP contribution in [-0.4, -0.2) is 21.3 Å². The van der Waals surface area contributed by atoms with Gasteiger partial charge in [-0.05, 0) is 36.4 Å². The molecule has 1 amide bonds. The van der Waals surface area contributed by atoms with E-state index in [1.54, 1.807) is 22.8 Å². The minimum absolute atomic E-state index is 0.0652. The number of rotatable bonds is 5. The molecule has 1 aromatic carbocycles. The molecule has 112 valence electrons. The Morgan fingerprint density at radius 3 is 2.86 bits per heavy atom. The second-order valence-electron chi connectivity index (χ2n) is 4.72. The van der Waals surface area contributed by atoms with E-state index < -0.39 is 0 Å². The minimum Gasteiger partial charge on any atom is -0.351 e. The summed E-state index contributed by atoms with van der Waals surface area (Å²) >= 11 is 1.38. The van der Waals surface area contributed by atoms with Crippen molar-refractivity contribution in [1.82, 2.24) is 14.9 Å². The second-order valence-corrected chi connectivity index (χ2v) is 5.77. The second kappa shape index (κ2) is 6.62. The van der Waals surface area contributed by atoms with Gasteiger partial charge in [0.1, 0.15) is 5.82 Å². The number of benzene rings is 1. The van der Waals surface area contributed by atoms with Crippen molar-refractivity contribution in [2.45, 2.75) is 11.4 Å². The van der Waals surface area contributed by atoms with Gasteiger partial charge in [0.15, 0.2) is 0 Å². The lowest BCUT2D eigenvalue weighted by atomic mass is 10.2. The fourth-order valence-corrected chi connectivity index (χ4v) is 2.78. The van der Waals surface area contributed by atoms with Gasteiger partial charge in [0, 0.05) is 23.2 Å². The highest BCUT2D eigenvalue weighted by Gasteiger charge is 2.06. The quantitative estimate of drug-likeness (QED) is 0.737. The number of nitrogens with one attached hydrogen (secondary N) is 1. The van der Waals surface area contributed by atoms with Crippen LogP contribution in [0.1, 0.15) is 5.56 Å². The largest absolute Gasteiger partial charge is 0.351 e. The van der Waals surface area contributed by atoms with E-state index in [9.17, 15) is 9.18 Å². The molecule has 0 radical (unpaired) electrons. The predicted octanol–water partition coefficient (Wildman–Crippen LogP) is 2.88. The van der Waals surface area contributed by atoms with Crippen LogP contribution in [0.4, 0.5) is 4.39 Å². The third-order valence-electron chi connectivity index (χ3n) is 3.17. The van der Waals surface area contributed by atoms with Gasteiger partial charge in [0.25, 0.3) is 0 Å². The summed E-state index contributed by atoms with van der Waals surface area (Å²) in [5.74, 6) is -0.0447. The molecule has 1 N–H and O–H groups in total. The zero-order chi connectivity index (χ0) is 15.4. The van der Waals surface area contributed by atoms with Crippen molar-refractivity contribution in [3.05, 3.63) is 66.2 Å². The number of carbonyl (C=O) groups excluding carboxylic acids is 1. The van der Waals surface area contributed by atoms with Crippen LogP contribution in [0, 0.1) is 5.82 Å². The highest BCUT2D eigenvalue weighted by molar-refractivity contribution is 8.00. The molecule has 0 aliphatic carbocycles. The van der Waals surface area contributed by atoms with Gasteiger partial charge in [-0.3, -0.25) is 4.79 Å². The molecular formula is C16H14FN3OS. The number of fused-ring (bicyclic) bond motifs is 1. The zero-order valence-electron chi connectivity index (χ0n) is 11.7. The molecule has 0 saturated carbocycles. The first-order chi connectivity index (χ1) is 10.7. The zero-order valence-corrected chi connectivity index (χ0v) is 12.5. The topological polar surface area (TPSA) is 46.4 Å². The molecule has 2 heterocycles. The number of amides is 1. The first-order valence-electron chi connectivity index (χ1n) is 6.79. The highest BCUT2D eigenvalue weighted by atomic mass is 32.2. The molecule has 4 nitrogen and oxygen atoms in total. The number of aromatic nitrogens is 2. The first-order valence-corrected chi connectivity index (χ1v) is 7.77. The van der Waals surface area contributed by atoms with Gasteiger partial charge >= 0.3 is 0 Å². The molecule has 22 heavy (non-hydrogen) atoms. The number of pyridine rings is 1. The molecule has 0 unspecified atom stereocenters. The van der Waals surface area contributed by atoms with Crippen LogP contribution in [0.15, 0.2) is 59.8 Å². The molecule has 0 spiro atoms. The lowest BCUT2D eigenvalue weighted by molar-refractivity contribution is -0.118. The SMILES string of the molecule is O=C(CSc1ccc(F)cc1)NCc1cnn2ccccc12. The van der Waals surface area contributed by atoms with Crippen molar-refractivity contribution in [3.63, 3.8) is 0 Å². The Bertz CT molecular complexity index is 785. The lowest BCUT2D eigenvalue weighted by Gasteiger charge is -2.04. The van der Waals surface area contributed by atoms with Gasteiger partial charge in [-0.25, -0.2) is 8.91 Å².